The standard InChI is InChI=1S/C28H33N7O2/c1-28(2,37)18-31-27(36)19-7-9-25(10-8-19)35-17-24(15-33-35)22-12-29-26(30-13-22)21-6-4-5-20(11-21)23-14-32-34(3)16-23/h4-6,11-17,19,25,37H,7-10,18H2,1-3H3,(H,31,36)/t19-,25-. The fourth-order valence-corrected chi connectivity index (χ4v) is 4.77. The summed E-state index contributed by atoms with van der Waals surface area (Å²) in [5.41, 5.74) is 4.07. The fourth-order valence-electron chi connectivity index (χ4n) is 4.77. The highest BCUT2D eigenvalue weighted by atomic mass is 16.3. The molecule has 1 aliphatic carbocycles. The van der Waals surface area contributed by atoms with Crippen molar-refractivity contribution >= 4 is 5.91 Å². The van der Waals surface area contributed by atoms with Gasteiger partial charge in [0.05, 0.1) is 24.0 Å². The van der Waals surface area contributed by atoms with Crippen molar-refractivity contribution in [2.75, 3.05) is 6.54 Å². The van der Waals surface area contributed by atoms with Gasteiger partial charge in [-0.25, -0.2) is 9.97 Å². The molecule has 1 fully saturated rings. The molecule has 5 rings (SSSR count). The van der Waals surface area contributed by atoms with Crippen molar-refractivity contribution in [2.24, 2.45) is 13.0 Å². The van der Waals surface area contributed by atoms with Gasteiger partial charge in [0.25, 0.3) is 0 Å². The molecule has 0 bridgehead atoms. The number of aryl methyl sites for hydroxylation is 1. The van der Waals surface area contributed by atoms with Crippen LogP contribution in [0.2, 0.25) is 0 Å². The molecule has 0 atom stereocenters. The first kappa shape index (κ1) is 24.8. The first-order chi connectivity index (χ1) is 17.7. The van der Waals surface area contributed by atoms with Gasteiger partial charge in [-0.2, -0.15) is 10.2 Å². The molecule has 192 valence electrons. The Labute approximate surface area is 216 Å². The number of nitrogens with zero attached hydrogens (tertiary/aromatic N) is 6. The van der Waals surface area contributed by atoms with Crippen molar-refractivity contribution in [1.29, 1.82) is 0 Å². The number of amides is 1. The molecule has 1 aliphatic rings. The molecule has 0 radical (unpaired) electrons. The van der Waals surface area contributed by atoms with Crippen molar-refractivity contribution in [2.45, 2.75) is 51.2 Å². The predicted molar refractivity (Wildman–Crippen MR) is 141 cm³/mol. The van der Waals surface area contributed by atoms with E-state index in [2.05, 4.69) is 37.6 Å². The number of aromatic nitrogens is 6. The molecule has 1 aromatic carbocycles. The van der Waals surface area contributed by atoms with Crippen molar-refractivity contribution in [3.8, 4) is 33.6 Å². The van der Waals surface area contributed by atoms with Crippen molar-refractivity contribution in [3.63, 3.8) is 0 Å². The van der Waals surface area contributed by atoms with Crippen LogP contribution in [0.1, 0.15) is 45.6 Å². The highest BCUT2D eigenvalue weighted by Gasteiger charge is 2.28. The second kappa shape index (κ2) is 10.3. The Bertz CT molecular complexity index is 1360. The molecule has 3 aromatic heterocycles. The van der Waals surface area contributed by atoms with Gasteiger partial charge >= 0.3 is 0 Å². The summed E-state index contributed by atoms with van der Waals surface area (Å²) >= 11 is 0. The van der Waals surface area contributed by atoms with E-state index >= 15 is 0 Å². The van der Waals surface area contributed by atoms with Crippen molar-refractivity contribution in [3.05, 3.63) is 61.4 Å². The molecule has 0 saturated heterocycles. The molecule has 1 amide bonds. The van der Waals surface area contributed by atoms with Gasteiger partial charge in [-0.3, -0.25) is 14.2 Å². The van der Waals surface area contributed by atoms with Crippen LogP contribution in [0.25, 0.3) is 33.6 Å². The largest absolute Gasteiger partial charge is 0.389 e. The molecule has 2 N–H and O–H groups in total. The zero-order chi connectivity index (χ0) is 26.0. The number of carbonyl (C=O) groups is 1. The van der Waals surface area contributed by atoms with E-state index in [0.29, 0.717) is 5.82 Å². The second-order valence-corrected chi connectivity index (χ2v) is 10.5. The van der Waals surface area contributed by atoms with E-state index in [1.165, 1.54) is 0 Å². The third kappa shape index (κ3) is 5.94. The lowest BCUT2D eigenvalue weighted by atomic mass is 9.85. The first-order valence-corrected chi connectivity index (χ1v) is 12.7. The van der Waals surface area contributed by atoms with E-state index < -0.39 is 5.60 Å². The fraction of sp³-hybridized carbons (Fsp3) is 0.393. The van der Waals surface area contributed by atoms with E-state index in [0.717, 1.165) is 53.5 Å². The van der Waals surface area contributed by atoms with Crippen LogP contribution in [0.15, 0.2) is 61.4 Å². The Kier molecular flexibility index (Phi) is 6.88. The number of hydrogen-bond acceptors (Lipinski definition) is 6. The van der Waals surface area contributed by atoms with Crippen molar-refractivity contribution < 1.29 is 9.90 Å². The summed E-state index contributed by atoms with van der Waals surface area (Å²) in [6.45, 7) is 3.66. The molecular formula is C28H33N7O2. The quantitative estimate of drug-likeness (QED) is 0.397. The topological polar surface area (TPSA) is 111 Å². The van der Waals surface area contributed by atoms with Crippen LogP contribution in [0.5, 0.6) is 0 Å². The van der Waals surface area contributed by atoms with Gasteiger partial charge < -0.3 is 10.4 Å². The average molecular weight is 500 g/mol. The number of benzene rings is 1. The van der Waals surface area contributed by atoms with E-state index in [1.807, 2.05) is 61.0 Å². The first-order valence-electron chi connectivity index (χ1n) is 12.7. The Hall–Kier alpha value is -3.85. The van der Waals surface area contributed by atoms with Crippen LogP contribution in [-0.2, 0) is 11.8 Å². The number of carbonyl (C=O) groups excluding carboxylic acids is 1. The van der Waals surface area contributed by atoms with Crippen LogP contribution in [0, 0.1) is 5.92 Å². The van der Waals surface area contributed by atoms with Crippen LogP contribution < -0.4 is 5.32 Å². The lowest BCUT2D eigenvalue weighted by molar-refractivity contribution is -0.127. The third-order valence-electron chi connectivity index (χ3n) is 6.88. The molecule has 3 heterocycles. The van der Waals surface area contributed by atoms with Gasteiger partial charge in [0.1, 0.15) is 0 Å². The number of hydrogen-bond donors (Lipinski definition) is 2. The Morgan fingerprint density at radius 2 is 1.62 bits per heavy atom. The average Bonchev–Trinajstić information content (AvgIpc) is 3.57. The van der Waals surface area contributed by atoms with Gasteiger partial charge in [0, 0.05) is 66.6 Å². The number of aliphatic hydroxyl groups is 1. The number of rotatable bonds is 7. The summed E-state index contributed by atoms with van der Waals surface area (Å²) in [6, 6.07) is 8.41. The van der Waals surface area contributed by atoms with Gasteiger partial charge in [0.15, 0.2) is 5.82 Å². The molecule has 0 unspecified atom stereocenters. The van der Waals surface area contributed by atoms with Crippen LogP contribution >= 0.6 is 0 Å². The molecule has 9 heteroatoms. The highest BCUT2D eigenvalue weighted by Crippen LogP contribution is 2.33. The van der Waals surface area contributed by atoms with Gasteiger partial charge in [-0.05, 0) is 51.2 Å². The summed E-state index contributed by atoms with van der Waals surface area (Å²) in [6.07, 6.45) is 14.8. The molecule has 4 aromatic rings. The lowest BCUT2D eigenvalue weighted by Gasteiger charge is -2.28. The lowest BCUT2D eigenvalue weighted by Crippen LogP contribution is -2.41. The molecule has 9 nitrogen and oxygen atoms in total. The minimum absolute atomic E-state index is 0.00812. The molecule has 0 aliphatic heterocycles. The van der Waals surface area contributed by atoms with E-state index in [1.54, 1.807) is 18.5 Å². The summed E-state index contributed by atoms with van der Waals surface area (Å²) < 4.78 is 3.79. The summed E-state index contributed by atoms with van der Waals surface area (Å²) in [5, 5.41) is 21.6. The van der Waals surface area contributed by atoms with Crippen molar-refractivity contribution in [1.82, 2.24) is 34.8 Å². The molecule has 1 saturated carbocycles. The molecule has 0 spiro atoms. The SMILES string of the molecule is Cn1cc(-c2cccc(-c3ncc(-c4cnn([C@H]5CC[C@H](C(=O)NCC(C)(C)O)CC5)c4)cn3)c2)cn1. The van der Waals surface area contributed by atoms with Crippen LogP contribution in [0.3, 0.4) is 0 Å². The van der Waals surface area contributed by atoms with Gasteiger partial charge in [-0.15, -0.1) is 0 Å². The normalized spacial score (nSPS) is 18.1. The maximum Gasteiger partial charge on any atom is 0.223 e. The predicted octanol–water partition coefficient (Wildman–Crippen LogP) is 4.03. The maximum absolute atomic E-state index is 12.4. The Balaban J connectivity index is 1.21. The van der Waals surface area contributed by atoms with Gasteiger partial charge in [0.2, 0.25) is 5.91 Å². The molecular weight excluding hydrogens is 466 g/mol. The van der Waals surface area contributed by atoms with E-state index in [-0.39, 0.29) is 24.4 Å². The van der Waals surface area contributed by atoms with Gasteiger partial charge in [-0.1, -0.05) is 18.2 Å². The van der Waals surface area contributed by atoms with E-state index in [4.69, 9.17) is 0 Å². The summed E-state index contributed by atoms with van der Waals surface area (Å²) in [5.74, 6) is 0.694. The van der Waals surface area contributed by atoms with Crippen LogP contribution in [0.4, 0.5) is 0 Å². The molecule has 37 heavy (non-hydrogen) atoms. The zero-order valence-electron chi connectivity index (χ0n) is 21.5. The minimum atomic E-state index is -0.899. The Morgan fingerprint density at radius 3 is 2.30 bits per heavy atom. The van der Waals surface area contributed by atoms with Crippen LogP contribution in [-0.4, -0.2) is 52.7 Å². The van der Waals surface area contributed by atoms with E-state index in [9.17, 15) is 9.90 Å². The third-order valence-corrected chi connectivity index (χ3v) is 6.88. The minimum Gasteiger partial charge on any atom is -0.389 e. The smallest absolute Gasteiger partial charge is 0.223 e. The highest BCUT2D eigenvalue weighted by molar-refractivity contribution is 5.78. The second-order valence-electron chi connectivity index (χ2n) is 10.5. The summed E-state index contributed by atoms with van der Waals surface area (Å²) in [7, 11) is 1.91. The zero-order valence-corrected chi connectivity index (χ0v) is 21.5. The monoisotopic (exact) mass is 499 g/mol. The maximum atomic E-state index is 12.4. The Morgan fingerprint density at radius 1 is 0.946 bits per heavy atom. The number of nitrogens with one attached hydrogen (secondary N) is 1. The summed E-state index contributed by atoms with van der Waals surface area (Å²) in [4.78, 5) is 21.7.